The van der Waals surface area contributed by atoms with E-state index >= 15 is 0 Å². The predicted molar refractivity (Wildman–Crippen MR) is 72.1 cm³/mol. The second-order valence-corrected chi connectivity index (χ2v) is 5.42. The van der Waals surface area contributed by atoms with Gasteiger partial charge in [-0.05, 0) is 44.4 Å². The molecule has 0 saturated carbocycles. The molecule has 100 valence electrons. The van der Waals surface area contributed by atoms with Gasteiger partial charge in [-0.15, -0.1) is 0 Å². The smallest absolute Gasteiger partial charge is 0.0632 e. The number of aromatic nitrogens is 1. The van der Waals surface area contributed by atoms with E-state index in [-0.39, 0.29) is 6.04 Å². The van der Waals surface area contributed by atoms with Crippen LogP contribution in [0, 0.1) is 0 Å². The standard InChI is InChI=1S/C14H23N3O/c1-14(18)5-3-8-17(9-6-14)13(10-15)12-4-2-7-16-11-12/h2,4,7,11,13,18H,3,5-6,8-10,15H2,1H3. The molecular formula is C14H23N3O. The Morgan fingerprint density at radius 1 is 1.50 bits per heavy atom. The number of likely N-dealkylation sites (tertiary alicyclic amines) is 1. The van der Waals surface area contributed by atoms with Crippen molar-refractivity contribution in [2.24, 2.45) is 5.73 Å². The third-order valence-electron chi connectivity index (χ3n) is 3.83. The predicted octanol–water partition coefficient (Wildman–Crippen LogP) is 1.32. The molecule has 3 N–H and O–H groups in total. The van der Waals surface area contributed by atoms with E-state index < -0.39 is 5.60 Å². The first-order valence-electron chi connectivity index (χ1n) is 6.69. The number of nitrogens with two attached hydrogens (primary N) is 1. The minimum atomic E-state index is -0.525. The maximum absolute atomic E-state index is 10.1. The molecular weight excluding hydrogens is 226 g/mol. The topological polar surface area (TPSA) is 62.4 Å². The van der Waals surface area contributed by atoms with Gasteiger partial charge >= 0.3 is 0 Å². The molecule has 0 radical (unpaired) electrons. The maximum Gasteiger partial charge on any atom is 0.0632 e. The van der Waals surface area contributed by atoms with Gasteiger partial charge in [0.2, 0.25) is 0 Å². The Morgan fingerprint density at radius 2 is 2.33 bits per heavy atom. The van der Waals surface area contributed by atoms with Gasteiger partial charge in [-0.25, -0.2) is 0 Å². The summed E-state index contributed by atoms with van der Waals surface area (Å²) in [6.07, 6.45) is 6.37. The molecule has 1 aromatic heterocycles. The number of hydrogen-bond donors (Lipinski definition) is 2. The highest BCUT2D eigenvalue weighted by atomic mass is 16.3. The SMILES string of the molecule is CC1(O)CCCN(C(CN)c2cccnc2)CC1. The molecule has 2 heterocycles. The lowest BCUT2D eigenvalue weighted by Gasteiger charge is -2.30. The summed E-state index contributed by atoms with van der Waals surface area (Å²) in [6.45, 7) is 4.41. The minimum Gasteiger partial charge on any atom is -0.390 e. The van der Waals surface area contributed by atoms with Crippen molar-refractivity contribution in [2.45, 2.75) is 37.8 Å². The van der Waals surface area contributed by atoms with Crippen LogP contribution in [0.3, 0.4) is 0 Å². The second-order valence-electron chi connectivity index (χ2n) is 5.42. The van der Waals surface area contributed by atoms with Crippen molar-refractivity contribution in [3.63, 3.8) is 0 Å². The third-order valence-corrected chi connectivity index (χ3v) is 3.83. The monoisotopic (exact) mass is 249 g/mol. The van der Waals surface area contributed by atoms with E-state index in [9.17, 15) is 5.11 Å². The summed E-state index contributed by atoms with van der Waals surface area (Å²) < 4.78 is 0. The van der Waals surface area contributed by atoms with E-state index in [1.807, 2.05) is 19.2 Å². The van der Waals surface area contributed by atoms with Crippen molar-refractivity contribution >= 4 is 0 Å². The summed E-state index contributed by atoms with van der Waals surface area (Å²) in [5.74, 6) is 0. The number of aliphatic hydroxyl groups is 1. The van der Waals surface area contributed by atoms with Crippen LogP contribution in [0.2, 0.25) is 0 Å². The Kier molecular flexibility index (Phi) is 4.32. The summed E-state index contributed by atoms with van der Waals surface area (Å²) in [6, 6.07) is 4.24. The molecule has 2 unspecified atom stereocenters. The molecule has 2 atom stereocenters. The molecule has 0 amide bonds. The average molecular weight is 249 g/mol. The zero-order chi connectivity index (χ0) is 13.0. The highest BCUT2D eigenvalue weighted by Crippen LogP contribution is 2.27. The molecule has 0 bridgehead atoms. The van der Waals surface area contributed by atoms with Crippen LogP contribution < -0.4 is 5.73 Å². The van der Waals surface area contributed by atoms with Gasteiger partial charge in [0.05, 0.1) is 5.60 Å². The van der Waals surface area contributed by atoms with Gasteiger partial charge in [-0.1, -0.05) is 6.07 Å². The summed E-state index contributed by atoms with van der Waals surface area (Å²) >= 11 is 0. The van der Waals surface area contributed by atoms with Gasteiger partial charge in [0.15, 0.2) is 0 Å². The Hall–Kier alpha value is -0.970. The largest absolute Gasteiger partial charge is 0.390 e. The van der Waals surface area contributed by atoms with E-state index in [1.165, 1.54) is 5.56 Å². The number of hydrogen-bond acceptors (Lipinski definition) is 4. The lowest BCUT2D eigenvalue weighted by atomic mass is 9.98. The van der Waals surface area contributed by atoms with Gasteiger partial charge in [0.25, 0.3) is 0 Å². The van der Waals surface area contributed by atoms with Crippen LogP contribution in [0.4, 0.5) is 0 Å². The number of nitrogens with zero attached hydrogens (tertiary/aromatic N) is 2. The van der Waals surface area contributed by atoms with Gasteiger partial charge < -0.3 is 10.8 Å². The Labute approximate surface area is 109 Å². The lowest BCUT2D eigenvalue weighted by molar-refractivity contribution is 0.0431. The fourth-order valence-electron chi connectivity index (χ4n) is 2.66. The first kappa shape index (κ1) is 13.5. The minimum absolute atomic E-state index is 0.215. The molecule has 4 nitrogen and oxygen atoms in total. The molecule has 1 aliphatic heterocycles. The second kappa shape index (κ2) is 5.78. The normalized spacial score (nSPS) is 27.7. The van der Waals surface area contributed by atoms with E-state index in [0.717, 1.165) is 32.4 Å². The average Bonchev–Trinajstić information content (AvgIpc) is 2.54. The number of pyridine rings is 1. The first-order valence-corrected chi connectivity index (χ1v) is 6.69. The van der Waals surface area contributed by atoms with E-state index in [4.69, 9.17) is 5.73 Å². The van der Waals surface area contributed by atoms with Crippen molar-refractivity contribution in [1.82, 2.24) is 9.88 Å². The van der Waals surface area contributed by atoms with Gasteiger partial charge in [0, 0.05) is 31.5 Å². The molecule has 1 aliphatic rings. The van der Waals surface area contributed by atoms with Crippen LogP contribution in [0.15, 0.2) is 24.5 Å². The van der Waals surface area contributed by atoms with Crippen molar-refractivity contribution in [2.75, 3.05) is 19.6 Å². The quantitative estimate of drug-likeness (QED) is 0.848. The van der Waals surface area contributed by atoms with E-state index in [2.05, 4.69) is 16.0 Å². The Morgan fingerprint density at radius 3 is 3.00 bits per heavy atom. The fraction of sp³-hybridized carbons (Fsp3) is 0.643. The Balaban J connectivity index is 2.09. The van der Waals surface area contributed by atoms with Crippen LogP contribution in [-0.4, -0.2) is 40.2 Å². The van der Waals surface area contributed by atoms with Crippen LogP contribution in [-0.2, 0) is 0 Å². The van der Waals surface area contributed by atoms with Crippen molar-refractivity contribution in [3.05, 3.63) is 30.1 Å². The van der Waals surface area contributed by atoms with E-state index in [0.29, 0.717) is 6.54 Å². The Bertz CT molecular complexity index is 367. The fourth-order valence-corrected chi connectivity index (χ4v) is 2.66. The summed E-state index contributed by atoms with van der Waals surface area (Å²) in [7, 11) is 0. The molecule has 0 aliphatic carbocycles. The molecule has 2 rings (SSSR count). The number of rotatable bonds is 3. The summed E-state index contributed by atoms with van der Waals surface area (Å²) in [4.78, 5) is 6.54. The first-order chi connectivity index (χ1) is 8.62. The van der Waals surface area contributed by atoms with Gasteiger partial charge in [0.1, 0.15) is 0 Å². The van der Waals surface area contributed by atoms with Gasteiger partial charge in [-0.3, -0.25) is 9.88 Å². The molecule has 18 heavy (non-hydrogen) atoms. The van der Waals surface area contributed by atoms with Crippen LogP contribution in [0.25, 0.3) is 0 Å². The zero-order valence-electron chi connectivity index (χ0n) is 11.0. The van der Waals surface area contributed by atoms with Crippen molar-refractivity contribution < 1.29 is 5.11 Å². The highest BCUT2D eigenvalue weighted by molar-refractivity contribution is 5.14. The van der Waals surface area contributed by atoms with Crippen LogP contribution in [0.1, 0.15) is 37.8 Å². The molecule has 0 spiro atoms. The highest BCUT2D eigenvalue weighted by Gasteiger charge is 2.28. The third kappa shape index (κ3) is 3.28. The molecule has 0 aromatic carbocycles. The van der Waals surface area contributed by atoms with Crippen molar-refractivity contribution in [3.8, 4) is 0 Å². The van der Waals surface area contributed by atoms with Crippen LogP contribution >= 0.6 is 0 Å². The maximum atomic E-state index is 10.1. The molecule has 4 heteroatoms. The lowest BCUT2D eigenvalue weighted by Crippen LogP contribution is -2.35. The van der Waals surface area contributed by atoms with Crippen molar-refractivity contribution in [1.29, 1.82) is 0 Å². The molecule has 1 aromatic rings. The van der Waals surface area contributed by atoms with Crippen LogP contribution in [0.5, 0.6) is 0 Å². The molecule has 1 saturated heterocycles. The summed E-state index contributed by atoms with van der Waals surface area (Å²) in [5, 5.41) is 10.1. The van der Waals surface area contributed by atoms with Gasteiger partial charge in [-0.2, -0.15) is 0 Å². The molecule has 1 fully saturated rings. The zero-order valence-corrected chi connectivity index (χ0v) is 11.0. The van der Waals surface area contributed by atoms with E-state index in [1.54, 1.807) is 6.20 Å². The summed E-state index contributed by atoms with van der Waals surface area (Å²) in [5.41, 5.74) is 6.57.